The van der Waals surface area contributed by atoms with Gasteiger partial charge in [-0.3, -0.25) is 9.59 Å². The number of amides is 2. The van der Waals surface area contributed by atoms with Crippen LogP contribution in [0.25, 0.3) is 0 Å². The summed E-state index contributed by atoms with van der Waals surface area (Å²) in [5.41, 5.74) is 4.36. The molecule has 0 aliphatic carbocycles. The van der Waals surface area contributed by atoms with Crippen molar-refractivity contribution >= 4 is 23.4 Å². The van der Waals surface area contributed by atoms with Crippen LogP contribution in [0.15, 0.2) is 78.9 Å². The van der Waals surface area contributed by atoms with Crippen molar-refractivity contribution in [3.05, 3.63) is 106 Å². The van der Waals surface area contributed by atoms with Crippen molar-refractivity contribution in [1.82, 2.24) is 10.2 Å². The van der Waals surface area contributed by atoms with Crippen molar-refractivity contribution in [2.45, 2.75) is 58.5 Å². The summed E-state index contributed by atoms with van der Waals surface area (Å²) < 4.78 is 0. The molecule has 0 heterocycles. The van der Waals surface area contributed by atoms with Gasteiger partial charge < -0.3 is 10.2 Å². The van der Waals surface area contributed by atoms with Crippen molar-refractivity contribution in [3.63, 3.8) is 0 Å². The van der Waals surface area contributed by atoms with Gasteiger partial charge in [-0.25, -0.2) is 0 Å². The van der Waals surface area contributed by atoms with Crippen LogP contribution < -0.4 is 5.32 Å². The monoisotopic (exact) mass is 490 g/mol. The predicted octanol–water partition coefficient (Wildman–Crippen LogP) is 6.00. The van der Waals surface area contributed by atoms with E-state index >= 15 is 0 Å². The number of aryl methyl sites for hydroxylation is 2. The lowest BCUT2D eigenvalue weighted by Crippen LogP contribution is -2.50. The van der Waals surface area contributed by atoms with Crippen molar-refractivity contribution in [1.29, 1.82) is 0 Å². The maximum absolute atomic E-state index is 13.6. The third-order valence-electron chi connectivity index (χ3n) is 6.15. The molecule has 0 aliphatic rings. The predicted molar refractivity (Wildman–Crippen MR) is 143 cm³/mol. The second-order valence-electron chi connectivity index (χ2n) is 8.81. The standard InChI is InChI=1S/C30H35ClN2O2/c1-3-20-32-30(35)28(21-25-8-6-5-7-9-25)33(22-26-14-17-27(31)18-15-26)29(34)19-16-24-12-10-23(4-2)11-13-24/h5-15,17-18,28H,3-4,16,19-22H2,1-2H3,(H,32,35)/t28-/m1/s1. The van der Waals surface area contributed by atoms with Crippen LogP contribution in [0.1, 0.15) is 48.9 Å². The lowest BCUT2D eigenvalue weighted by atomic mass is 10.0. The highest BCUT2D eigenvalue weighted by molar-refractivity contribution is 6.30. The van der Waals surface area contributed by atoms with Crippen LogP contribution in [0.3, 0.4) is 0 Å². The molecule has 0 radical (unpaired) electrons. The Labute approximate surface area is 214 Å². The van der Waals surface area contributed by atoms with Crippen molar-refractivity contribution in [2.24, 2.45) is 0 Å². The zero-order valence-electron chi connectivity index (χ0n) is 20.7. The summed E-state index contributed by atoms with van der Waals surface area (Å²) in [4.78, 5) is 28.7. The third kappa shape index (κ3) is 8.25. The molecule has 35 heavy (non-hydrogen) atoms. The highest BCUT2D eigenvalue weighted by Crippen LogP contribution is 2.18. The highest BCUT2D eigenvalue weighted by Gasteiger charge is 2.30. The van der Waals surface area contributed by atoms with E-state index < -0.39 is 6.04 Å². The molecule has 3 rings (SSSR count). The Bertz CT molecular complexity index is 1070. The summed E-state index contributed by atoms with van der Waals surface area (Å²) in [6, 6.07) is 25.1. The van der Waals surface area contributed by atoms with Crippen LogP contribution in [-0.4, -0.2) is 29.3 Å². The molecule has 0 saturated heterocycles. The number of rotatable bonds is 12. The van der Waals surface area contributed by atoms with E-state index in [4.69, 9.17) is 11.6 Å². The molecule has 0 bridgehead atoms. The summed E-state index contributed by atoms with van der Waals surface area (Å²) >= 11 is 6.08. The summed E-state index contributed by atoms with van der Waals surface area (Å²) in [7, 11) is 0. The summed E-state index contributed by atoms with van der Waals surface area (Å²) in [5.74, 6) is -0.155. The molecule has 0 aliphatic heterocycles. The number of carbonyl (C=O) groups excluding carboxylic acids is 2. The molecule has 0 spiro atoms. The molecule has 1 N–H and O–H groups in total. The van der Waals surface area contributed by atoms with E-state index in [0.29, 0.717) is 37.4 Å². The first-order chi connectivity index (χ1) is 17.0. The SMILES string of the molecule is CCCNC(=O)[C@@H](Cc1ccccc1)N(Cc1ccc(Cl)cc1)C(=O)CCc1ccc(CC)cc1. The average Bonchev–Trinajstić information content (AvgIpc) is 2.89. The molecule has 3 aromatic carbocycles. The molecule has 5 heteroatoms. The molecule has 0 aromatic heterocycles. The Morgan fingerprint density at radius 3 is 2.09 bits per heavy atom. The third-order valence-corrected chi connectivity index (χ3v) is 6.40. The Morgan fingerprint density at radius 2 is 1.46 bits per heavy atom. The van der Waals surface area contributed by atoms with Gasteiger partial charge >= 0.3 is 0 Å². The number of halogens is 1. The minimum atomic E-state index is -0.602. The van der Waals surface area contributed by atoms with Crippen LogP contribution in [0.4, 0.5) is 0 Å². The van der Waals surface area contributed by atoms with Crippen molar-refractivity contribution in [3.8, 4) is 0 Å². The van der Waals surface area contributed by atoms with E-state index in [9.17, 15) is 9.59 Å². The lowest BCUT2D eigenvalue weighted by Gasteiger charge is -2.31. The van der Waals surface area contributed by atoms with Gasteiger partial charge in [0.1, 0.15) is 6.04 Å². The summed E-state index contributed by atoms with van der Waals surface area (Å²) in [5, 5.41) is 3.66. The van der Waals surface area contributed by atoms with E-state index in [1.807, 2.05) is 61.5 Å². The minimum absolute atomic E-state index is 0.0351. The number of carbonyl (C=O) groups is 2. The lowest BCUT2D eigenvalue weighted by molar-refractivity contribution is -0.141. The quantitative estimate of drug-likeness (QED) is 0.338. The van der Waals surface area contributed by atoms with Crippen LogP contribution in [-0.2, 0) is 35.4 Å². The Kier molecular flexibility index (Phi) is 10.4. The first-order valence-electron chi connectivity index (χ1n) is 12.4. The van der Waals surface area contributed by atoms with E-state index in [1.54, 1.807) is 4.90 Å². The number of benzene rings is 3. The zero-order chi connectivity index (χ0) is 25.0. The highest BCUT2D eigenvalue weighted by atomic mass is 35.5. The Hall–Kier alpha value is -3.11. The minimum Gasteiger partial charge on any atom is -0.354 e. The van der Waals surface area contributed by atoms with Crippen molar-refractivity contribution < 1.29 is 9.59 Å². The van der Waals surface area contributed by atoms with Gasteiger partial charge in [0.15, 0.2) is 0 Å². The molecule has 0 unspecified atom stereocenters. The summed E-state index contributed by atoms with van der Waals surface area (Å²) in [6.07, 6.45) is 3.26. The van der Waals surface area contributed by atoms with Crippen LogP contribution in [0.2, 0.25) is 5.02 Å². The molecular weight excluding hydrogens is 456 g/mol. The normalized spacial score (nSPS) is 11.6. The molecular formula is C30H35ClN2O2. The number of nitrogens with zero attached hydrogens (tertiary/aromatic N) is 1. The van der Waals surface area contributed by atoms with E-state index in [2.05, 4.69) is 36.5 Å². The maximum atomic E-state index is 13.6. The first kappa shape index (κ1) is 26.5. The Balaban J connectivity index is 1.86. The summed E-state index contributed by atoms with van der Waals surface area (Å²) in [6.45, 7) is 5.08. The van der Waals surface area contributed by atoms with E-state index in [1.165, 1.54) is 5.56 Å². The smallest absolute Gasteiger partial charge is 0.243 e. The van der Waals surface area contributed by atoms with Gasteiger partial charge in [-0.15, -0.1) is 0 Å². The van der Waals surface area contributed by atoms with Crippen LogP contribution in [0, 0.1) is 0 Å². The van der Waals surface area contributed by atoms with Gasteiger partial charge in [0, 0.05) is 31.0 Å². The van der Waals surface area contributed by atoms with Crippen LogP contribution in [0.5, 0.6) is 0 Å². The maximum Gasteiger partial charge on any atom is 0.243 e. The van der Waals surface area contributed by atoms with Gasteiger partial charge in [0.2, 0.25) is 11.8 Å². The van der Waals surface area contributed by atoms with E-state index in [0.717, 1.165) is 29.5 Å². The second kappa shape index (κ2) is 13.7. The first-order valence-corrected chi connectivity index (χ1v) is 12.8. The van der Waals surface area contributed by atoms with Gasteiger partial charge in [-0.2, -0.15) is 0 Å². The zero-order valence-corrected chi connectivity index (χ0v) is 21.4. The molecule has 184 valence electrons. The topological polar surface area (TPSA) is 49.4 Å². The van der Waals surface area contributed by atoms with Crippen LogP contribution >= 0.6 is 11.6 Å². The van der Waals surface area contributed by atoms with Crippen molar-refractivity contribution in [2.75, 3.05) is 6.54 Å². The molecule has 2 amide bonds. The number of hydrogen-bond acceptors (Lipinski definition) is 2. The molecule has 4 nitrogen and oxygen atoms in total. The molecule has 0 saturated carbocycles. The number of hydrogen-bond donors (Lipinski definition) is 1. The fourth-order valence-electron chi connectivity index (χ4n) is 4.04. The number of nitrogens with one attached hydrogen (secondary N) is 1. The fourth-order valence-corrected chi connectivity index (χ4v) is 4.17. The largest absolute Gasteiger partial charge is 0.354 e. The van der Waals surface area contributed by atoms with Gasteiger partial charge in [-0.1, -0.05) is 92.2 Å². The van der Waals surface area contributed by atoms with Gasteiger partial charge in [0.05, 0.1) is 0 Å². The Morgan fingerprint density at radius 1 is 0.829 bits per heavy atom. The molecule has 0 fully saturated rings. The van der Waals surface area contributed by atoms with E-state index in [-0.39, 0.29) is 11.8 Å². The average molecular weight is 491 g/mol. The van der Waals surface area contributed by atoms with Gasteiger partial charge in [0.25, 0.3) is 0 Å². The van der Waals surface area contributed by atoms with Gasteiger partial charge in [-0.05, 0) is 53.6 Å². The second-order valence-corrected chi connectivity index (χ2v) is 9.25. The molecule has 1 atom stereocenters. The fraction of sp³-hybridized carbons (Fsp3) is 0.333. The molecule has 3 aromatic rings.